The number of hydrogen-bond donors (Lipinski definition) is 9. The van der Waals surface area contributed by atoms with Crippen molar-refractivity contribution in [3.63, 3.8) is 0 Å². The Morgan fingerprint density at radius 3 is 1.61 bits per heavy atom. The Bertz CT molecular complexity index is 3750. The molecule has 3 atom stereocenters. The third-order valence-corrected chi connectivity index (χ3v) is 18.5. The number of benzene rings is 2. The first-order chi connectivity index (χ1) is 51.9. The van der Waals surface area contributed by atoms with Gasteiger partial charge in [0.05, 0.1) is 56.5 Å². The minimum atomic E-state index is -4.42. The van der Waals surface area contributed by atoms with Crippen LogP contribution < -0.4 is 46.7 Å². The molecule has 2 aromatic carbocycles. The molecule has 2 aliphatic rings. The van der Waals surface area contributed by atoms with Crippen LogP contribution in [0.1, 0.15) is 156 Å². The number of aromatic nitrogens is 2. The van der Waals surface area contributed by atoms with Crippen LogP contribution in [-0.4, -0.2) is 286 Å². The topological polar surface area (TPSA) is 437 Å². The highest BCUT2D eigenvalue weighted by atomic mass is 32.2. The van der Waals surface area contributed by atoms with Crippen LogP contribution >= 0.6 is 0 Å². The minimum absolute atomic E-state index is 0.0246. The molecule has 1 saturated heterocycles. The number of nitrogens with zero attached hydrogens (tertiary/aromatic N) is 7. The van der Waals surface area contributed by atoms with Gasteiger partial charge in [-0.3, -0.25) is 82.0 Å². The molecular formula is C75H119N15O20S. The molecular weight excluding hydrogens is 1460 g/mol. The van der Waals surface area contributed by atoms with E-state index in [4.69, 9.17) is 28.4 Å². The van der Waals surface area contributed by atoms with Crippen LogP contribution in [0, 0.1) is 13.8 Å². The molecule has 1 fully saturated rings. The maximum absolute atomic E-state index is 14.3. The van der Waals surface area contributed by atoms with Gasteiger partial charge >= 0.3 is 35.8 Å². The Labute approximate surface area is 651 Å². The third kappa shape index (κ3) is 35.9. The van der Waals surface area contributed by atoms with Crippen molar-refractivity contribution in [2.45, 2.75) is 200 Å². The van der Waals surface area contributed by atoms with Gasteiger partial charge in [-0.25, -0.2) is 8.42 Å². The van der Waals surface area contributed by atoms with E-state index in [0.717, 1.165) is 44.5 Å². The lowest BCUT2D eigenvalue weighted by atomic mass is 10.1. The first-order valence-corrected chi connectivity index (χ1v) is 39.1. The fourth-order valence-corrected chi connectivity index (χ4v) is 13.5. The number of ether oxygens (including phenoxy) is 6. The quantitative estimate of drug-likeness (QED) is 0.0226. The summed E-state index contributed by atoms with van der Waals surface area (Å²) in [5.74, 6) is -6.75. The van der Waals surface area contributed by atoms with E-state index in [1.807, 2.05) is 19.4 Å². The second-order valence-electron chi connectivity index (χ2n) is 31.4. The molecule has 111 heavy (non-hydrogen) atoms. The highest BCUT2D eigenvalue weighted by molar-refractivity contribution is 7.89. The van der Waals surface area contributed by atoms with Gasteiger partial charge in [0.25, 0.3) is 5.91 Å². The number of hydrogen-bond acceptors (Lipinski definition) is 27. The van der Waals surface area contributed by atoms with Crippen molar-refractivity contribution in [3.05, 3.63) is 53.2 Å². The molecule has 35 nitrogen and oxygen atoms in total. The summed E-state index contributed by atoms with van der Waals surface area (Å²) in [6.45, 7) is 27.2. The predicted molar refractivity (Wildman–Crippen MR) is 412 cm³/mol. The number of carbonyl (C=O) groups excluding carboxylic acids is 10. The van der Waals surface area contributed by atoms with Gasteiger partial charge in [0.1, 0.15) is 46.3 Å². The van der Waals surface area contributed by atoms with E-state index in [0.29, 0.717) is 24.2 Å². The van der Waals surface area contributed by atoms with E-state index in [1.54, 1.807) is 126 Å². The van der Waals surface area contributed by atoms with Crippen LogP contribution in [0.25, 0.3) is 10.9 Å². The molecule has 2 aliphatic heterocycles. The summed E-state index contributed by atoms with van der Waals surface area (Å²) in [4.78, 5) is 158. The zero-order valence-electron chi connectivity index (χ0n) is 67.2. The molecule has 3 heterocycles. The van der Waals surface area contributed by atoms with Crippen LogP contribution in [0.2, 0.25) is 0 Å². The molecule has 0 aliphatic carbocycles. The number of carbonyl (C=O) groups is 11. The summed E-state index contributed by atoms with van der Waals surface area (Å²) in [6, 6.07) is 3.54. The molecule has 9 N–H and O–H groups in total. The predicted octanol–water partition coefficient (Wildman–Crippen LogP) is 1.83. The van der Waals surface area contributed by atoms with Crippen LogP contribution in [0.4, 0.5) is 0 Å². The van der Waals surface area contributed by atoms with Crippen LogP contribution in [0.3, 0.4) is 0 Å². The van der Waals surface area contributed by atoms with Gasteiger partial charge in [0, 0.05) is 128 Å². The number of sulfonamides is 1. The van der Waals surface area contributed by atoms with E-state index < -0.39 is 135 Å². The first-order valence-electron chi connectivity index (χ1n) is 37.7. The minimum Gasteiger partial charge on any atom is -0.494 e. The van der Waals surface area contributed by atoms with Crippen LogP contribution in [-0.2, 0) is 88.2 Å². The highest BCUT2D eigenvalue weighted by Gasteiger charge is 2.34. The van der Waals surface area contributed by atoms with Crippen molar-refractivity contribution in [3.8, 4) is 5.75 Å². The van der Waals surface area contributed by atoms with Crippen LogP contribution in [0.5, 0.6) is 5.75 Å². The molecule has 1 unspecified atom stereocenters. The largest absolute Gasteiger partial charge is 0.494 e. The smallest absolute Gasteiger partial charge is 0.325 e. The van der Waals surface area contributed by atoms with Crippen molar-refractivity contribution in [1.82, 2.24) is 71.3 Å². The standard InChI is InChI=1S/C75H119N15O20S/c1-50-41-54(42-51(2)66(50)111(103,104)85-57(70(102)105-15)45-81-67(99)52-20-23-58-53(43-52)44-82-90(58)31-18-28-80-71-78-26-17-27-79-71)106-40-16-19-59(91)76-29-30-77-68(100)55(22-25-62(95)107-72(3,4)5)84-69(101)56(21-24-61(93)94)83-60(92)46-86-32-34-87(47-63(96)108-73(6,7)8)36-38-89(49-65(98)110-75(12,13)14)39-37-88(35-33-86)48-64(97)109-74(9,10)11/h20,23,41-44,55-57,85H,16-19,21-22,24-40,45-49H2,1-15H3,(H,76,91)(H,77,100)(H,81,99)(H,83,92)(H,84,101)(H,93,94)(H2,78,79,80)/t55?,56-,57-/m0/s1. The van der Waals surface area contributed by atoms with E-state index in [2.05, 4.69) is 52.0 Å². The second kappa shape index (κ2) is 43.6. The molecule has 0 saturated carbocycles. The molecule has 0 radical (unpaired) electrons. The number of nitrogens with one attached hydrogen (secondary N) is 8. The van der Waals surface area contributed by atoms with Gasteiger partial charge in [-0.05, 0) is 170 Å². The normalized spacial score (nSPS) is 15.6. The third-order valence-electron chi connectivity index (χ3n) is 16.8. The van der Waals surface area contributed by atoms with Crippen LogP contribution in [0.15, 0.2) is 46.4 Å². The number of fused-ring (bicyclic) bond motifs is 1. The van der Waals surface area contributed by atoms with Crippen molar-refractivity contribution in [1.29, 1.82) is 0 Å². The van der Waals surface area contributed by atoms with Crippen molar-refractivity contribution in [2.75, 3.05) is 132 Å². The number of carboxylic acid groups (broad SMARTS) is 1. The first kappa shape index (κ1) is 92.5. The Morgan fingerprint density at radius 2 is 1.10 bits per heavy atom. The monoisotopic (exact) mass is 1580 g/mol. The van der Waals surface area contributed by atoms with Gasteiger partial charge in [-0.1, -0.05) is 0 Å². The molecule has 0 spiro atoms. The van der Waals surface area contributed by atoms with E-state index in [1.165, 1.54) is 12.1 Å². The Hall–Kier alpha value is -9.10. The summed E-state index contributed by atoms with van der Waals surface area (Å²) < 4.78 is 65.5. The van der Waals surface area contributed by atoms with Gasteiger partial charge < -0.3 is 70.7 Å². The molecule has 36 heteroatoms. The van der Waals surface area contributed by atoms with Gasteiger partial charge in [-0.15, -0.1) is 0 Å². The summed E-state index contributed by atoms with van der Waals surface area (Å²) >= 11 is 0. The number of rotatable bonds is 37. The summed E-state index contributed by atoms with van der Waals surface area (Å²) in [5.41, 5.74) is -1.65. The fraction of sp³-hybridized carbons (Fsp3) is 0.667. The molecule has 1 aromatic heterocycles. The number of carboxylic acids is 1. The van der Waals surface area contributed by atoms with Gasteiger partial charge in [-0.2, -0.15) is 9.82 Å². The van der Waals surface area contributed by atoms with Crippen molar-refractivity contribution < 1.29 is 94.7 Å². The Kier molecular flexibility index (Phi) is 36.4. The molecule has 5 rings (SSSR count). The maximum atomic E-state index is 14.3. The van der Waals surface area contributed by atoms with E-state index >= 15 is 0 Å². The lowest BCUT2D eigenvalue weighted by Crippen LogP contribution is -2.56. The average Bonchev–Trinajstić information content (AvgIpc) is 1.24. The number of methoxy groups -OCH3 is 1. The lowest BCUT2D eigenvalue weighted by Gasteiger charge is -2.34. The summed E-state index contributed by atoms with van der Waals surface area (Å²) in [5, 5.41) is 34.7. The van der Waals surface area contributed by atoms with Crippen molar-refractivity contribution >= 4 is 92.2 Å². The zero-order valence-corrected chi connectivity index (χ0v) is 68.1. The number of amides is 5. The lowest BCUT2D eigenvalue weighted by molar-refractivity contribution is -0.158. The number of aliphatic imine (C=N–C) groups is 1. The number of aliphatic carboxylic acids is 1. The zero-order chi connectivity index (χ0) is 82.4. The SMILES string of the molecule is COC(=O)[C@H](CNC(=O)c1ccc2c(cnn2CCCNC2=NCCCN2)c1)NS(=O)(=O)c1c(C)cc(OCCCC(=O)NCCNC(=O)C(CCC(=O)OC(C)(C)C)NC(=O)[C@H](CCC(=O)O)NC(=O)CN2CCN(CC(=O)OC(C)(C)C)CCN(CC(=O)OC(C)(C)C)CCN(CC(=O)OC(C)(C)C)CC2)cc1C. The average molecular weight is 1580 g/mol. The molecule has 0 bridgehead atoms. The molecule has 5 amide bonds. The summed E-state index contributed by atoms with van der Waals surface area (Å²) in [7, 11) is -3.33. The summed E-state index contributed by atoms with van der Waals surface area (Å²) in [6.07, 6.45) is 1.94. The fourth-order valence-electron chi connectivity index (χ4n) is 11.8. The molecule has 620 valence electrons. The number of guanidine groups is 1. The van der Waals surface area contributed by atoms with E-state index in [9.17, 15) is 66.3 Å². The van der Waals surface area contributed by atoms with Crippen molar-refractivity contribution in [2.24, 2.45) is 4.99 Å². The second-order valence-corrected chi connectivity index (χ2v) is 33.1. The Morgan fingerprint density at radius 1 is 0.586 bits per heavy atom. The maximum Gasteiger partial charge on any atom is 0.325 e. The number of aryl methyl sites for hydroxylation is 3. The number of esters is 5. The van der Waals surface area contributed by atoms with Gasteiger partial charge in [0.15, 0.2) is 5.96 Å². The highest BCUT2D eigenvalue weighted by Crippen LogP contribution is 2.27. The van der Waals surface area contributed by atoms with Gasteiger partial charge in [0.2, 0.25) is 33.7 Å². The molecule has 3 aromatic rings. The Balaban J connectivity index is 1.18. The van der Waals surface area contributed by atoms with E-state index in [-0.39, 0.29) is 146 Å².